The smallest absolute Gasteiger partial charge is 0.178 e. The molecule has 0 aliphatic carbocycles. The molecule has 1 heterocycles. The van der Waals surface area contributed by atoms with Crippen LogP contribution in [-0.2, 0) is 13.0 Å². The second kappa shape index (κ2) is 8.95. The normalized spacial score (nSPS) is 11.3. The first-order valence-corrected chi connectivity index (χ1v) is 9.13. The molecule has 1 aromatic heterocycles. The second-order valence-corrected chi connectivity index (χ2v) is 6.60. The minimum absolute atomic E-state index is 0.191. The minimum atomic E-state index is -0.211. The van der Waals surface area contributed by atoms with Crippen LogP contribution in [0.2, 0.25) is 0 Å². The average molecular weight is 344 g/mol. The first-order valence-electron chi connectivity index (χ1n) is 9.13. The van der Waals surface area contributed by atoms with E-state index in [2.05, 4.69) is 23.3 Å². The Bertz CT molecular complexity index is 703. The number of aromatic nitrogens is 1. The number of hydrogen-bond donors (Lipinski definition) is 0. The maximum Gasteiger partial charge on any atom is 0.178 e. The third-order valence-corrected chi connectivity index (χ3v) is 4.77. The van der Waals surface area contributed by atoms with E-state index in [9.17, 15) is 9.18 Å². The lowest BCUT2D eigenvalue weighted by atomic mass is 10.1. The lowest BCUT2D eigenvalue weighted by molar-refractivity contribution is 0.0933. The number of carbonyl (C=O) groups excluding carboxylic acids is 1. The zero-order valence-corrected chi connectivity index (χ0v) is 15.8. The van der Waals surface area contributed by atoms with E-state index in [4.69, 9.17) is 0 Å². The van der Waals surface area contributed by atoms with E-state index in [1.165, 1.54) is 12.1 Å². The Balaban J connectivity index is 2.08. The fourth-order valence-corrected chi connectivity index (χ4v) is 3.27. The van der Waals surface area contributed by atoms with Crippen LogP contribution in [0.5, 0.6) is 0 Å². The van der Waals surface area contributed by atoms with Crippen LogP contribution in [-0.4, -0.2) is 34.9 Å². The number of nitrogens with zero attached hydrogens (tertiary/aromatic N) is 2. The van der Waals surface area contributed by atoms with Crippen LogP contribution < -0.4 is 0 Å². The van der Waals surface area contributed by atoms with Gasteiger partial charge in [0.25, 0.3) is 0 Å². The van der Waals surface area contributed by atoms with Crippen LogP contribution in [0.3, 0.4) is 0 Å². The summed E-state index contributed by atoms with van der Waals surface area (Å²) < 4.78 is 15.2. The summed E-state index contributed by atoms with van der Waals surface area (Å²) in [5, 5.41) is 0. The fraction of sp³-hybridized carbons (Fsp3) is 0.476. The highest BCUT2D eigenvalue weighted by Gasteiger charge is 2.17. The Labute approximate surface area is 150 Å². The molecule has 0 atom stereocenters. The van der Waals surface area contributed by atoms with Crippen molar-refractivity contribution >= 4 is 5.78 Å². The standard InChI is InChI=1S/C21H29FN2O/c1-5-12-23(6-2)15-21(25)20-14-16(3)24(17(20)4)13-11-18-7-9-19(22)10-8-18/h7-10,14H,5-6,11-13,15H2,1-4H3. The van der Waals surface area contributed by atoms with Crippen molar-refractivity contribution in [2.24, 2.45) is 0 Å². The monoisotopic (exact) mass is 344 g/mol. The van der Waals surface area contributed by atoms with Gasteiger partial charge in [0.05, 0.1) is 6.54 Å². The molecule has 136 valence electrons. The van der Waals surface area contributed by atoms with Crippen LogP contribution in [0.15, 0.2) is 30.3 Å². The predicted molar refractivity (Wildman–Crippen MR) is 101 cm³/mol. The van der Waals surface area contributed by atoms with Gasteiger partial charge in [-0.05, 0) is 63.5 Å². The summed E-state index contributed by atoms with van der Waals surface area (Å²) in [6.07, 6.45) is 1.87. The number of benzene rings is 1. The van der Waals surface area contributed by atoms with Crippen molar-refractivity contribution in [2.75, 3.05) is 19.6 Å². The van der Waals surface area contributed by atoms with Gasteiger partial charge in [0.2, 0.25) is 0 Å². The van der Waals surface area contributed by atoms with E-state index < -0.39 is 0 Å². The van der Waals surface area contributed by atoms with Crippen LogP contribution >= 0.6 is 0 Å². The molecule has 0 aliphatic heterocycles. The highest BCUT2D eigenvalue weighted by Crippen LogP contribution is 2.17. The van der Waals surface area contributed by atoms with Gasteiger partial charge < -0.3 is 4.57 Å². The Morgan fingerprint density at radius 1 is 1.16 bits per heavy atom. The van der Waals surface area contributed by atoms with Gasteiger partial charge in [0, 0.05) is 23.5 Å². The lowest BCUT2D eigenvalue weighted by Gasteiger charge is -2.18. The molecular weight excluding hydrogens is 315 g/mol. The number of hydrogen-bond acceptors (Lipinski definition) is 2. The zero-order chi connectivity index (χ0) is 18.4. The van der Waals surface area contributed by atoms with Crippen molar-refractivity contribution in [1.82, 2.24) is 9.47 Å². The molecule has 3 nitrogen and oxygen atoms in total. The lowest BCUT2D eigenvalue weighted by Crippen LogP contribution is -2.30. The van der Waals surface area contributed by atoms with Crippen molar-refractivity contribution in [3.63, 3.8) is 0 Å². The first-order chi connectivity index (χ1) is 12.0. The van der Waals surface area contributed by atoms with Gasteiger partial charge in [-0.25, -0.2) is 4.39 Å². The highest BCUT2D eigenvalue weighted by atomic mass is 19.1. The molecule has 0 radical (unpaired) electrons. The molecule has 1 aromatic carbocycles. The molecule has 0 fully saturated rings. The van der Waals surface area contributed by atoms with E-state index in [0.29, 0.717) is 6.54 Å². The maximum absolute atomic E-state index is 13.0. The number of halogens is 1. The predicted octanol–water partition coefficient (Wildman–Crippen LogP) is 4.40. The summed E-state index contributed by atoms with van der Waals surface area (Å²) in [5.41, 5.74) is 4.05. The summed E-state index contributed by atoms with van der Waals surface area (Å²) in [7, 11) is 0. The van der Waals surface area contributed by atoms with E-state index in [1.807, 2.05) is 32.0 Å². The molecule has 0 saturated heterocycles. The second-order valence-electron chi connectivity index (χ2n) is 6.60. The number of ketones is 1. The van der Waals surface area contributed by atoms with Crippen LogP contribution in [0, 0.1) is 19.7 Å². The van der Waals surface area contributed by atoms with Crippen molar-refractivity contribution in [2.45, 2.75) is 47.1 Å². The van der Waals surface area contributed by atoms with Crippen molar-refractivity contribution in [3.8, 4) is 0 Å². The van der Waals surface area contributed by atoms with Gasteiger partial charge in [-0.3, -0.25) is 9.69 Å². The Morgan fingerprint density at radius 3 is 2.44 bits per heavy atom. The zero-order valence-electron chi connectivity index (χ0n) is 15.8. The van der Waals surface area contributed by atoms with Gasteiger partial charge in [-0.1, -0.05) is 26.0 Å². The van der Waals surface area contributed by atoms with Crippen molar-refractivity contribution < 1.29 is 9.18 Å². The van der Waals surface area contributed by atoms with E-state index >= 15 is 0 Å². The molecular formula is C21H29FN2O. The fourth-order valence-electron chi connectivity index (χ4n) is 3.27. The Hall–Kier alpha value is -1.94. The maximum atomic E-state index is 13.0. The largest absolute Gasteiger partial charge is 0.348 e. The molecule has 0 amide bonds. The molecule has 0 aliphatic rings. The molecule has 0 bridgehead atoms. The van der Waals surface area contributed by atoms with Gasteiger partial charge in [0.15, 0.2) is 5.78 Å². The van der Waals surface area contributed by atoms with Crippen LogP contribution in [0.1, 0.15) is 47.6 Å². The molecule has 2 rings (SSSR count). The van der Waals surface area contributed by atoms with Crippen molar-refractivity contribution in [3.05, 3.63) is 58.7 Å². The number of likely N-dealkylation sites (N-methyl/N-ethyl adjacent to an activating group) is 1. The quantitative estimate of drug-likeness (QED) is 0.630. The number of carbonyl (C=O) groups is 1. The van der Waals surface area contributed by atoms with E-state index in [1.54, 1.807) is 0 Å². The van der Waals surface area contributed by atoms with E-state index in [-0.39, 0.29) is 11.6 Å². The summed E-state index contributed by atoms with van der Waals surface area (Å²) >= 11 is 0. The summed E-state index contributed by atoms with van der Waals surface area (Å²) in [6, 6.07) is 8.63. The van der Waals surface area contributed by atoms with Gasteiger partial charge in [0.1, 0.15) is 5.82 Å². The number of rotatable bonds is 9. The van der Waals surface area contributed by atoms with Crippen molar-refractivity contribution in [1.29, 1.82) is 0 Å². The van der Waals surface area contributed by atoms with Gasteiger partial charge >= 0.3 is 0 Å². The topological polar surface area (TPSA) is 25.2 Å². The highest BCUT2D eigenvalue weighted by molar-refractivity contribution is 5.99. The van der Waals surface area contributed by atoms with Gasteiger partial charge in [-0.2, -0.15) is 0 Å². The molecule has 0 saturated carbocycles. The molecule has 4 heteroatoms. The summed E-state index contributed by atoms with van der Waals surface area (Å²) in [4.78, 5) is 14.9. The Kier molecular flexibility index (Phi) is 6.94. The molecule has 0 spiro atoms. The Morgan fingerprint density at radius 2 is 1.84 bits per heavy atom. The average Bonchev–Trinajstić information content (AvgIpc) is 2.88. The van der Waals surface area contributed by atoms with Crippen LogP contribution in [0.4, 0.5) is 4.39 Å². The van der Waals surface area contributed by atoms with Crippen LogP contribution in [0.25, 0.3) is 0 Å². The number of aryl methyl sites for hydroxylation is 2. The summed E-state index contributed by atoms with van der Waals surface area (Å²) in [5.74, 6) is -0.0195. The molecule has 0 N–H and O–H groups in total. The minimum Gasteiger partial charge on any atom is -0.348 e. The third kappa shape index (κ3) is 5.02. The molecule has 25 heavy (non-hydrogen) atoms. The number of Topliss-reactive ketones (excluding diaryl/α,β-unsaturated/α-hetero) is 1. The van der Waals surface area contributed by atoms with E-state index in [0.717, 1.165) is 55.0 Å². The van der Waals surface area contributed by atoms with Gasteiger partial charge in [-0.15, -0.1) is 0 Å². The first kappa shape index (κ1) is 19.4. The molecule has 0 unspecified atom stereocenters. The summed E-state index contributed by atoms with van der Waals surface area (Å²) in [6.45, 7) is 11.4. The third-order valence-electron chi connectivity index (χ3n) is 4.77. The molecule has 2 aromatic rings. The SMILES string of the molecule is CCCN(CC)CC(=O)c1cc(C)n(CCc2ccc(F)cc2)c1C.